The van der Waals surface area contributed by atoms with Crippen LogP contribution in [0.25, 0.3) is 6.08 Å². The summed E-state index contributed by atoms with van der Waals surface area (Å²) in [5.74, 6) is -0.463. The number of amides is 1. The van der Waals surface area contributed by atoms with Crippen molar-refractivity contribution in [2.24, 2.45) is 0 Å². The van der Waals surface area contributed by atoms with Crippen LogP contribution in [-0.2, 0) is 11.3 Å². The van der Waals surface area contributed by atoms with Gasteiger partial charge in [0.15, 0.2) is 0 Å². The number of hydrogen-bond acceptors (Lipinski definition) is 3. The van der Waals surface area contributed by atoms with Gasteiger partial charge in [-0.05, 0) is 39.7 Å². The SMILES string of the molecule is N#C/C(=C/c1cnn(Cc2ccccc2)c1)C(=O)Nc1ccccc1Br. The van der Waals surface area contributed by atoms with Crippen molar-refractivity contribution < 1.29 is 4.79 Å². The Morgan fingerprint density at radius 3 is 2.65 bits per heavy atom. The predicted octanol–water partition coefficient (Wildman–Crippen LogP) is 4.24. The molecule has 0 fully saturated rings. The topological polar surface area (TPSA) is 70.7 Å². The molecule has 26 heavy (non-hydrogen) atoms. The number of para-hydroxylation sites is 1. The summed E-state index contributed by atoms with van der Waals surface area (Å²) in [5.41, 5.74) is 2.44. The number of rotatable bonds is 5. The largest absolute Gasteiger partial charge is 0.320 e. The number of hydrogen-bond donors (Lipinski definition) is 1. The molecule has 0 bridgehead atoms. The maximum Gasteiger partial charge on any atom is 0.266 e. The number of aromatic nitrogens is 2. The zero-order valence-corrected chi connectivity index (χ0v) is 15.3. The van der Waals surface area contributed by atoms with E-state index in [1.807, 2.05) is 54.6 Å². The first-order valence-electron chi connectivity index (χ1n) is 7.90. The second-order valence-electron chi connectivity index (χ2n) is 5.56. The van der Waals surface area contributed by atoms with Crippen molar-refractivity contribution in [3.8, 4) is 6.07 Å². The Morgan fingerprint density at radius 1 is 1.19 bits per heavy atom. The van der Waals surface area contributed by atoms with Crippen molar-refractivity contribution in [1.82, 2.24) is 9.78 Å². The van der Waals surface area contributed by atoms with Gasteiger partial charge in [0, 0.05) is 16.2 Å². The Labute approximate surface area is 159 Å². The summed E-state index contributed by atoms with van der Waals surface area (Å²) in [6.45, 7) is 0.625. The van der Waals surface area contributed by atoms with Crippen LogP contribution in [0, 0.1) is 11.3 Å². The highest BCUT2D eigenvalue weighted by atomic mass is 79.9. The molecule has 3 rings (SSSR count). The van der Waals surface area contributed by atoms with Crippen LogP contribution in [0.15, 0.2) is 77.0 Å². The van der Waals surface area contributed by atoms with E-state index in [1.54, 1.807) is 23.1 Å². The minimum Gasteiger partial charge on any atom is -0.320 e. The quantitative estimate of drug-likeness (QED) is 0.508. The van der Waals surface area contributed by atoms with Crippen molar-refractivity contribution in [1.29, 1.82) is 5.26 Å². The van der Waals surface area contributed by atoms with E-state index in [4.69, 9.17) is 0 Å². The standard InChI is InChI=1S/C20H15BrN4O/c21-18-8-4-5-9-19(18)24-20(26)17(11-22)10-16-12-23-25(14-16)13-15-6-2-1-3-7-15/h1-10,12,14H,13H2,(H,24,26)/b17-10-. The van der Waals surface area contributed by atoms with Crippen LogP contribution < -0.4 is 5.32 Å². The Hall–Kier alpha value is -3.17. The smallest absolute Gasteiger partial charge is 0.266 e. The van der Waals surface area contributed by atoms with Crippen LogP contribution in [0.1, 0.15) is 11.1 Å². The van der Waals surface area contributed by atoms with E-state index in [1.165, 1.54) is 6.08 Å². The molecular weight excluding hydrogens is 392 g/mol. The van der Waals surface area contributed by atoms with Gasteiger partial charge in [-0.1, -0.05) is 42.5 Å². The van der Waals surface area contributed by atoms with Crippen LogP contribution in [0.2, 0.25) is 0 Å². The van der Waals surface area contributed by atoms with Gasteiger partial charge in [-0.3, -0.25) is 9.48 Å². The maximum absolute atomic E-state index is 12.3. The van der Waals surface area contributed by atoms with Gasteiger partial charge < -0.3 is 5.32 Å². The number of nitrogens with one attached hydrogen (secondary N) is 1. The average Bonchev–Trinajstić information content (AvgIpc) is 3.09. The lowest BCUT2D eigenvalue weighted by Gasteiger charge is -2.05. The van der Waals surface area contributed by atoms with Gasteiger partial charge in [0.25, 0.3) is 5.91 Å². The Kier molecular flexibility index (Phi) is 5.62. The number of nitrogens with zero attached hydrogens (tertiary/aromatic N) is 3. The Bertz CT molecular complexity index is 986. The lowest BCUT2D eigenvalue weighted by Crippen LogP contribution is -2.13. The molecule has 5 nitrogen and oxygen atoms in total. The molecule has 1 amide bonds. The molecule has 0 atom stereocenters. The number of halogens is 1. The molecule has 1 heterocycles. The van der Waals surface area contributed by atoms with Crippen molar-refractivity contribution in [2.45, 2.75) is 6.54 Å². The van der Waals surface area contributed by atoms with E-state index in [-0.39, 0.29) is 5.57 Å². The summed E-state index contributed by atoms with van der Waals surface area (Å²) in [5, 5.41) is 16.3. The van der Waals surface area contributed by atoms with Gasteiger partial charge in [0.05, 0.1) is 18.4 Å². The Balaban J connectivity index is 1.74. The molecule has 0 spiro atoms. The highest BCUT2D eigenvalue weighted by Crippen LogP contribution is 2.22. The van der Waals surface area contributed by atoms with Crippen LogP contribution in [-0.4, -0.2) is 15.7 Å². The van der Waals surface area contributed by atoms with Gasteiger partial charge in [0.1, 0.15) is 11.6 Å². The normalized spacial score (nSPS) is 11.0. The van der Waals surface area contributed by atoms with E-state index in [9.17, 15) is 10.1 Å². The molecule has 0 aliphatic carbocycles. The van der Waals surface area contributed by atoms with Gasteiger partial charge >= 0.3 is 0 Å². The van der Waals surface area contributed by atoms with Crippen LogP contribution >= 0.6 is 15.9 Å². The number of anilines is 1. The number of carbonyl (C=O) groups is 1. The van der Waals surface area contributed by atoms with Crippen molar-refractivity contribution >= 4 is 33.6 Å². The molecular formula is C20H15BrN4O. The third-order valence-electron chi connectivity index (χ3n) is 3.64. The first-order chi connectivity index (χ1) is 12.7. The van der Waals surface area contributed by atoms with E-state index in [2.05, 4.69) is 26.3 Å². The van der Waals surface area contributed by atoms with Crippen LogP contribution in [0.3, 0.4) is 0 Å². The highest BCUT2D eigenvalue weighted by molar-refractivity contribution is 9.10. The first-order valence-corrected chi connectivity index (χ1v) is 8.69. The summed E-state index contributed by atoms with van der Waals surface area (Å²) in [4.78, 5) is 12.3. The van der Waals surface area contributed by atoms with Gasteiger partial charge in [-0.25, -0.2) is 0 Å². The molecule has 1 aromatic heterocycles. The second kappa shape index (κ2) is 8.28. The minimum atomic E-state index is -0.463. The first kappa shape index (κ1) is 17.6. The molecule has 0 radical (unpaired) electrons. The summed E-state index contributed by atoms with van der Waals surface area (Å²) in [6, 6.07) is 19.1. The van der Waals surface area contributed by atoms with E-state index in [0.717, 1.165) is 10.0 Å². The minimum absolute atomic E-state index is 0.0139. The molecule has 0 unspecified atom stereocenters. The zero-order valence-electron chi connectivity index (χ0n) is 13.8. The van der Waals surface area contributed by atoms with Gasteiger partial charge in [-0.15, -0.1) is 0 Å². The highest BCUT2D eigenvalue weighted by Gasteiger charge is 2.11. The van der Waals surface area contributed by atoms with E-state index >= 15 is 0 Å². The second-order valence-corrected chi connectivity index (χ2v) is 6.41. The van der Waals surface area contributed by atoms with Crippen LogP contribution in [0.5, 0.6) is 0 Å². The monoisotopic (exact) mass is 406 g/mol. The van der Waals surface area contributed by atoms with Crippen LogP contribution in [0.4, 0.5) is 5.69 Å². The van der Waals surface area contributed by atoms with Crippen molar-refractivity contribution in [3.05, 3.63) is 88.2 Å². The lowest BCUT2D eigenvalue weighted by molar-refractivity contribution is -0.112. The number of benzene rings is 2. The molecule has 128 valence electrons. The molecule has 1 N–H and O–H groups in total. The Morgan fingerprint density at radius 2 is 1.92 bits per heavy atom. The number of carbonyl (C=O) groups excluding carboxylic acids is 1. The van der Waals surface area contributed by atoms with Gasteiger partial charge in [0.2, 0.25) is 0 Å². The van der Waals surface area contributed by atoms with Crippen molar-refractivity contribution in [2.75, 3.05) is 5.32 Å². The molecule has 6 heteroatoms. The van der Waals surface area contributed by atoms with E-state index < -0.39 is 5.91 Å². The zero-order chi connectivity index (χ0) is 18.4. The number of nitriles is 1. The lowest BCUT2D eigenvalue weighted by atomic mass is 10.2. The molecule has 2 aromatic carbocycles. The fraction of sp³-hybridized carbons (Fsp3) is 0.0500. The molecule has 0 saturated carbocycles. The predicted molar refractivity (Wildman–Crippen MR) is 104 cm³/mol. The maximum atomic E-state index is 12.3. The molecule has 0 saturated heterocycles. The van der Waals surface area contributed by atoms with E-state index in [0.29, 0.717) is 17.8 Å². The fourth-order valence-electron chi connectivity index (χ4n) is 2.38. The molecule has 0 aliphatic heterocycles. The third kappa shape index (κ3) is 4.47. The third-order valence-corrected chi connectivity index (χ3v) is 4.33. The summed E-state index contributed by atoms with van der Waals surface area (Å²) >= 11 is 3.37. The fourth-order valence-corrected chi connectivity index (χ4v) is 2.76. The van der Waals surface area contributed by atoms with Gasteiger partial charge in [-0.2, -0.15) is 10.4 Å². The molecule has 3 aromatic rings. The molecule has 0 aliphatic rings. The summed E-state index contributed by atoms with van der Waals surface area (Å²) in [6.07, 6.45) is 4.96. The average molecular weight is 407 g/mol. The summed E-state index contributed by atoms with van der Waals surface area (Å²) < 4.78 is 2.52. The van der Waals surface area contributed by atoms with Crippen molar-refractivity contribution in [3.63, 3.8) is 0 Å². The summed E-state index contributed by atoms with van der Waals surface area (Å²) in [7, 11) is 0.